The maximum atomic E-state index is 12.9. The van der Waals surface area contributed by atoms with Gasteiger partial charge in [-0.3, -0.25) is 14.6 Å². The summed E-state index contributed by atoms with van der Waals surface area (Å²) in [6, 6.07) is 13.7. The Kier molecular flexibility index (Phi) is 5.03. The first kappa shape index (κ1) is 18.7. The first-order chi connectivity index (χ1) is 14.0. The first-order valence-electron chi connectivity index (χ1n) is 9.36. The van der Waals surface area contributed by atoms with Crippen LogP contribution in [0.2, 0.25) is 0 Å². The Bertz CT molecular complexity index is 1070. The van der Waals surface area contributed by atoms with Crippen LogP contribution < -0.4 is 4.74 Å². The molecule has 0 spiro atoms. The van der Waals surface area contributed by atoms with E-state index >= 15 is 0 Å². The highest BCUT2D eigenvalue weighted by atomic mass is 16.5. The number of rotatable bonds is 3. The van der Waals surface area contributed by atoms with Gasteiger partial charge in [0.1, 0.15) is 11.5 Å². The van der Waals surface area contributed by atoms with Crippen LogP contribution in [0, 0.1) is 0 Å². The highest BCUT2D eigenvalue weighted by Gasteiger charge is 2.26. The van der Waals surface area contributed by atoms with E-state index in [1.807, 2.05) is 24.3 Å². The van der Waals surface area contributed by atoms with Crippen LogP contribution in [0.15, 0.2) is 54.7 Å². The molecule has 4 rings (SSSR count). The Labute approximate surface area is 168 Å². The largest absolute Gasteiger partial charge is 0.508 e. The second-order valence-corrected chi connectivity index (χ2v) is 6.91. The topological polar surface area (TPSA) is 83.0 Å². The normalized spacial score (nSPS) is 14.1. The van der Waals surface area contributed by atoms with E-state index in [1.54, 1.807) is 28.1 Å². The average Bonchev–Trinajstić information content (AvgIpc) is 2.77. The maximum absolute atomic E-state index is 12.9. The zero-order valence-corrected chi connectivity index (χ0v) is 16.0. The summed E-state index contributed by atoms with van der Waals surface area (Å²) >= 11 is 0. The van der Waals surface area contributed by atoms with Gasteiger partial charge >= 0.3 is 0 Å². The molecule has 2 aromatic carbocycles. The van der Waals surface area contributed by atoms with Gasteiger partial charge in [-0.1, -0.05) is 6.07 Å². The quantitative estimate of drug-likeness (QED) is 0.742. The van der Waals surface area contributed by atoms with Crippen LogP contribution in [-0.2, 0) is 0 Å². The molecule has 2 amide bonds. The molecule has 148 valence electrons. The van der Waals surface area contributed by atoms with E-state index < -0.39 is 0 Å². The molecular weight excluding hydrogens is 370 g/mol. The molecule has 0 unspecified atom stereocenters. The van der Waals surface area contributed by atoms with Crippen LogP contribution in [0.4, 0.5) is 0 Å². The summed E-state index contributed by atoms with van der Waals surface area (Å²) in [6.45, 7) is 1.76. The summed E-state index contributed by atoms with van der Waals surface area (Å²) in [5, 5.41) is 10.7. The van der Waals surface area contributed by atoms with Crippen molar-refractivity contribution in [3.8, 4) is 11.5 Å². The van der Waals surface area contributed by atoms with E-state index in [9.17, 15) is 14.7 Å². The maximum Gasteiger partial charge on any atom is 0.254 e. The van der Waals surface area contributed by atoms with E-state index in [0.29, 0.717) is 43.1 Å². The number of nitrogens with zero attached hydrogens (tertiary/aromatic N) is 3. The number of hydrogen-bond acceptors (Lipinski definition) is 5. The highest BCUT2D eigenvalue weighted by Crippen LogP contribution is 2.23. The molecule has 0 aliphatic carbocycles. The number of carbonyl (C=O) groups is 2. The molecule has 3 aromatic rings. The monoisotopic (exact) mass is 391 g/mol. The van der Waals surface area contributed by atoms with E-state index in [0.717, 1.165) is 10.9 Å². The molecule has 1 aliphatic heterocycles. The molecule has 0 bridgehead atoms. The van der Waals surface area contributed by atoms with Gasteiger partial charge in [0.2, 0.25) is 0 Å². The lowest BCUT2D eigenvalue weighted by atomic mass is 10.1. The van der Waals surface area contributed by atoms with E-state index in [4.69, 9.17) is 4.74 Å². The molecule has 1 saturated heterocycles. The Balaban J connectivity index is 1.44. The molecule has 7 nitrogen and oxygen atoms in total. The fourth-order valence-electron chi connectivity index (χ4n) is 3.51. The number of amides is 2. The van der Waals surface area contributed by atoms with Crippen LogP contribution >= 0.6 is 0 Å². The van der Waals surface area contributed by atoms with Gasteiger partial charge in [-0.15, -0.1) is 0 Å². The molecule has 1 aliphatic rings. The number of aromatic hydroxyl groups is 1. The zero-order valence-electron chi connectivity index (χ0n) is 16.0. The summed E-state index contributed by atoms with van der Waals surface area (Å²) in [6.07, 6.45) is 1.72. The summed E-state index contributed by atoms with van der Waals surface area (Å²) in [7, 11) is 1.48. The number of hydrogen-bond donors (Lipinski definition) is 1. The molecular formula is C22H21N3O4. The molecule has 0 saturated carbocycles. The molecule has 1 N–H and O–H groups in total. The highest BCUT2D eigenvalue weighted by molar-refractivity contribution is 5.98. The molecule has 1 aromatic heterocycles. The SMILES string of the molecule is COc1cc(O)cc(C(=O)N2CCN(C(=O)c3ccc4ncccc4c3)CC2)c1. The van der Waals surface area contributed by atoms with Crippen LogP contribution in [0.25, 0.3) is 10.9 Å². The minimum absolute atomic E-state index is 0.0210. The van der Waals surface area contributed by atoms with Crippen molar-refractivity contribution < 1.29 is 19.4 Å². The van der Waals surface area contributed by atoms with Crippen molar-refractivity contribution in [2.45, 2.75) is 0 Å². The van der Waals surface area contributed by atoms with Crippen molar-refractivity contribution in [2.75, 3.05) is 33.3 Å². The number of phenols is 1. The second kappa shape index (κ2) is 7.79. The van der Waals surface area contributed by atoms with Crippen molar-refractivity contribution in [3.63, 3.8) is 0 Å². The Morgan fingerprint density at radius 1 is 0.931 bits per heavy atom. The predicted octanol–water partition coefficient (Wildman–Crippen LogP) is 2.55. The minimum Gasteiger partial charge on any atom is -0.508 e. The van der Waals surface area contributed by atoms with Crippen LogP contribution in [0.3, 0.4) is 0 Å². The molecule has 2 heterocycles. The smallest absolute Gasteiger partial charge is 0.254 e. The molecule has 1 fully saturated rings. The lowest BCUT2D eigenvalue weighted by molar-refractivity contribution is 0.0535. The summed E-state index contributed by atoms with van der Waals surface area (Å²) in [4.78, 5) is 33.3. The Morgan fingerprint density at radius 2 is 1.62 bits per heavy atom. The van der Waals surface area contributed by atoms with Gasteiger partial charge in [0.25, 0.3) is 11.8 Å². The van der Waals surface area contributed by atoms with Gasteiger partial charge in [0, 0.05) is 55.0 Å². The fraction of sp³-hybridized carbons (Fsp3) is 0.227. The predicted molar refractivity (Wildman–Crippen MR) is 108 cm³/mol. The van der Waals surface area contributed by atoms with E-state index in [-0.39, 0.29) is 17.6 Å². The molecule has 0 radical (unpaired) electrons. The number of carbonyl (C=O) groups excluding carboxylic acids is 2. The zero-order chi connectivity index (χ0) is 20.4. The van der Waals surface area contributed by atoms with Crippen molar-refractivity contribution >= 4 is 22.7 Å². The van der Waals surface area contributed by atoms with Crippen LogP contribution in [0.1, 0.15) is 20.7 Å². The van der Waals surface area contributed by atoms with Crippen molar-refractivity contribution in [2.24, 2.45) is 0 Å². The average molecular weight is 391 g/mol. The third-order valence-electron chi connectivity index (χ3n) is 5.08. The third kappa shape index (κ3) is 3.85. The van der Waals surface area contributed by atoms with Gasteiger partial charge in [-0.2, -0.15) is 0 Å². The number of piperazine rings is 1. The van der Waals surface area contributed by atoms with E-state index in [1.165, 1.54) is 19.2 Å². The van der Waals surface area contributed by atoms with E-state index in [2.05, 4.69) is 4.98 Å². The van der Waals surface area contributed by atoms with Crippen molar-refractivity contribution in [3.05, 3.63) is 65.9 Å². The van der Waals surface area contributed by atoms with Crippen molar-refractivity contribution in [1.29, 1.82) is 0 Å². The lowest BCUT2D eigenvalue weighted by Crippen LogP contribution is -2.50. The molecule has 0 atom stereocenters. The fourth-order valence-corrected chi connectivity index (χ4v) is 3.51. The number of aromatic nitrogens is 1. The summed E-state index contributed by atoms with van der Waals surface area (Å²) in [5.74, 6) is 0.158. The van der Waals surface area contributed by atoms with Crippen LogP contribution in [0.5, 0.6) is 11.5 Å². The Morgan fingerprint density at radius 3 is 2.31 bits per heavy atom. The number of fused-ring (bicyclic) bond motifs is 1. The summed E-state index contributed by atoms with van der Waals surface area (Å²) in [5.41, 5.74) is 1.83. The Hall–Kier alpha value is -3.61. The number of ether oxygens (including phenoxy) is 1. The number of phenolic OH excluding ortho intramolecular Hbond substituents is 1. The van der Waals surface area contributed by atoms with Gasteiger partial charge in [0.15, 0.2) is 0 Å². The summed E-state index contributed by atoms with van der Waals surface area (Å²) < 4.78 is 5.11. The van der Waals surface area contributed by atoms with Gasteiger partial charge in [-0.05, 0) is 36.4 Å². The molecule has 7 heteroatoms. The van der Waals surface area contributed by atoms with Crippen molar-refractivity contribution in [1.82, 2.24) is 14.8 Å². The second-order valence-electron chi connectivity index (χ2n) is 6.91. The van der Waals surface area contributed by atoms with Gasteiger partial charge in [0.05, 0.1) is 12.6 Å². The van der Waals surface area contributed by atoms with Gasteiger partial charge in [-0.25, -0.2) is 0 Å². The third-order valence-corrected chi connectivity index (χ3v) is 5.08. The molecule has 29 heavy (non-hydrogen) atoms. The number of pyridine rings is 1. The standard InChI is InChI=1S/C22H21N3O4/c1-29-19-13-17(12-18(26)14-19)22(28)25-9-7-24(8-10-25)21(27)16-4-5-20-15(11-16)3-2-6-23-20/h2-6,11-14,26H,7-10H2,1H3. The number of benzene rings is 2. The lowest BCUT2D eigenvalue weighted by Gasteiger charge is -2.35. The van der Waals surface area contributed by atoms with Crippen LogP contribution in [-0.4, -0.2) is 65.0 Å². The number of methoxy groups -OCH3 is 1. The first-order valence-corrected chi connectivity index (χ1v) is 9.36. The van der Waals surface area contributed by atoms with Gasteiger partial charge < -0.3 is 19.6 Å². The minimum atomic E-state index is -0.192.